The monoisotopic (exact) mass is 353 g/mol. The highest BCUT2D eigenvalue weighted by molar-refractivity contribution is 7.55. The molecule has 1 aliphatic heterocycles. The van der Waals surface area contributed by atoms with Gasteiger partial charge in [-0.25, -0.2) is 0 Å². The van der Waals surface area contributed by atoms with Crippen molar-refractivity contribution in [1.29, 1.82) is 0 Å². The first-order valence-corrected chi connectivity index (χ1v) is 10.1. The van der Waals surface area contributed by atoms with Crippen molar-refractivity contribution in [3.8, 4) is 0 Å². The molecule has 0 saturated carbocycles. The molecule has 6 heteroatoms. The van der Waals surface area contributed by atoms with Gasteiger partial charge in [0.25, 0.3) is 0 Å². The van der Waals surface area contributed by atoms with Crippen LogP contribution in [0.3, 0.4) is 0 Å². The minimum Gasteiger partial charge on any atom is -0.379 e. The molecule has 1 aromatic rings. The van der Waals surface area contributed by atoms with Crippen LogP contribution in [0, 0.1) is 0 Å². The van der Waals surface area contributed by atoms with Crippen LogP contribution < -0.4 is 0 Å². The standard InChI is InChI=1S/C18H28NO4P/c1-4-22-24(20,23-5-2)18(3,19-13-15-21-16-14-19)12-11-17-9-7-6-8-10-17/h6-12H,4-5,13-16H2,1-3H3/b12-11+. The van der Waals surface area contributed by atoms with E-state index in [2.05, 4.69) is 4.90 Å². The van der Waals surface area contributed by atoms with E-state index in [0.717, 1.165) is 5.56 Å². The molecule has 1 unspecified atom stereocenters. The van der Waals surface area contributed by atoms with Gasteiger partial charge in [-0.15, -0.1) is 0 Å². The first-order chi connectivity index (χ1) is 11.6. The number of benzene rings is 1. The number of hydrogen-bond donors (Lipinski definition) is 0. The molecule has 1 aliphatic rings. The van der Waals surface area contributed by atoms with Crippen LogP contribution >= 0.6 is 7.60 Å². The van der Waals surface area contributed by atoms with E-state index in [9.17, 15) is 4.57 Å². The van der Waals surface area contributed by atoms with Gasteiger partial charge in [0, 0.05) is 13.1 Å². The summed E-state index contributed by atoms with van der Waals surface area (Å²) in [4.78, 5) is 2.14. The minimum absolute atomic E-state index is 0.344. The van der Waals surface area contributed by atoms with Crippen LogP contribution in [0.15, 0.2) is 36.4 Å². The number of ether oxygens (including phenoxy) is 1. The highest BCUT2D eigenvalue weighted by Crippen LogP contribution is 2.62. The Bertz CT molecular complexity index is 562. The van der Waals surface area contributed by atoms with E-state index in [4.69, 9.17) is 13.8 Å². The van der Waals surface area contributed by atoms with Crippen molar-refractivity contribution >= 4 is 13.7 Å². The topological polar surface area (TPSA) is 48.0 Å². The lowest BCUT2D eigenvalue weighted by Gasteiger charge is -2.44. The third kappa shape index (κ3) is 4.35. The lowest BCUT2D eigenvalue weighted by atomic mass is 10.1. The third-order valence-electron chi connectivity index (χ3n) is 4.19. The van der Waals surface area contributed by atoms with Gasteiger partial charge in [-0.05, 0) is 26.3 Å². The average molecular weight is 353 g/mol. The van der Waals surface area contributed by atoms with E-state index in [1.165, 1.54) is 0 Å². The molecule has 2 rings (SSSR count). The lowest BCUT2D eigenvalue weighted by molar-refractivity contribution is 0.0108. The van der Waals surface area contributed by atoms with Crippen molar-refractivity contribution in [3.63, 3.8) is 0 Å². The molecule has 0 aromatic heterocycles. The Labute approximate surface area is 145 Å². The summed E-state index contributed by atoms with van der Waals surface area (Å²) in [5.41, 5.74) is 1.05. The van der Waals surface area contributed by atoms with E-state index in [1.54, 1.807) is 0 Å². The highest BCUT2D eigenvalue weighted by Gasteiger charge is 2.49. The van der Waals surface area contributed by atoms with E-state index in [0.29, 0.717) is 39.5 Å². The largest absolute Gasteiger partial charge is 0.379 e. The van der Waals surface area contributed by atoms with Gasteiger partial charge >= 0.3 is 7.60 Å². The van der Waals surface area contributed by atoms with Crippen LogP contribution in [0.2, 0.25) is 0 Å². The first-order valence-electron chi connectivity index (χ1n) is 8.52. The smallest absolute Gasteiger partial charge is 0.354 e. The Morgan fingerprint density at radius 2 is 1.75 bits per heavy atom. The zero-order valence-electron chi connectivity index (χ0n) is 14.8. The Morgan fingerprint density at radius 3 is 2.29 bits per heavy atom. The van der Waals surface area contributed by atoms with Gasteiger partial charge in [0.1, 0.15) is 5.28 Å². The summed E-state index contributed by atoms with van der Waals surface area (Å²) in [5.74, 6) is 0. The second-order valence-corrected chi connectivity index (χ2v) is 8.19. The van der Waals surface area contributed by atoms with Crippen molar-refractivity contribution in [2.45, 2.75) is 26.1 Å². The molecule has 0 radical (unpaired) electrons. The molecule has 1 heterocycles. The summed E-state index contributed by atoms with van der Waals surface area (Å²) < 4.78 is 30.4. The molecule has 1 atom stereocenters. The normalized spacial score (nSPS) is 19.5. The number of rotatable bonds is 8. The lowest BCUT2D eigenvalue weighted by Crippen LogP contribution is -2.51. The van der Waals surface area contributed by atoms with Gasteiger partial charge < -0.3 is 13.8 Å². The van der Waals surface area contributed by atoms with Crippen molar-refractivity contribution < 1.29 is 18.3 Å². The number of nitrogens with zero attached hydrogens (tertiary/aromatic N) is 1. The summed E-state index contributed by atoms with van der Waals surface area (Å²) in [7, 11) is -3.36. The van der Waals surface area contributed by atoms with Gasteiger partial charge in [-0.3, -0.25) is 9.46 Å². The zero-order chi connectivity index (χ0) is 17.5. The second kappa shape index (κ2) is 8.93. The van der Waals surface area contributed by atoms with Crippen LogP contribution in [0.5, 0.6) is 0 Å². The number of hydrogen-bond acceptors (Lipinski definition) is 5. The van der Waals surface area contributed by atoms with E-state index >= 15 is 0 Å². The zero-order valence-corrected chi connectivity index (χ0v) is 15.7. The molecule has 0 amide bonds. The molecule has 1 saturated heterocycles. The maximum Gasteiger partial charge on any atom is 0.354 e. The predicted octanol–water partition coefficient (Wildman–Crippen LogP) is 4.01. The first kappa shape index (κ1) is 19.4. The van der Waals surface area contributed by atoms with Crippen LogP contribution in [0.1, 0.15) is 26.3 Å². The van der Waals surface area contributed by atoms with Crippen LogP contribution in [0.25, 0.3) is 6.08 Å². The molecule has 1 fully saturated rings. The molecule has 0 aliphatic carbocycles. The highest BCUT2D eigenvalue weighted by atomic mass is 31.2. The molecule has 0 N–H and O–H groups in total. The molecule has 0 spiro atoms. The molecule has 0 bridgehead atoms. The van der Waals surface area contributed by atoms with E-state index in [1.807, 2.05) is 63.3 Å². The fraction of sp³-hybridized carbons (Fsp3) is 0.556. The Kier molecular flexibility index (Phi) is 7.20. The Hall–Kier alpha value is -0.970. The van der Waals surface area contributed by atoms with Crippen LogP contribution in [-0.4, -0.2) is 49.7 Å². The van der Waals surface area contributed by atoms with Crippen molar-refractivity contribution in [1.82, 2.24) is 4.90 Å². The molecule has 1 aromatic carbocycles. The van der Waals surface area contributed by atoms with Crippen molar-refractivity contribution in [3.05, 3.63) is 42.0 Å². The maximum atomic E-state index is 13.6. The maximum absolute atomic E-state index is 13.6. The third-order valence-corrected chi connectivity index (χ3v) is 6.93. The summed E-state index contributed by atoms with van der Waals surface area (Å²) in [6, 6.07) is 9.97. The molecular weight excluding hydrogens is 325 g/mol. The van der Waals surface area contributed by atoms with Gasteiger partial charge in [0.05, 0.1) is 26.4 Å². The predicted molar refractivity (Wildman–Crippen MR) is 97.1 cm³/mol. The molecule has 5 nitrogen and oxygen atoms in total. The average Bonchev–Trinajstić information content (AvgIpc) is 2.61. The Morgan fingerprint density at radius 1 is 1.17 bits per heavy atom. The summed E-state index contributed by atoms with van der Waals surface area (Å²) >= 11 is 0. The minimum atomic E-state index is -3.36. The van der Waals surface area contributed by atoms with E-state index < -0.39 is 12.9 Å². The van der Waals surface area contributed by atoms with Crippen molar-refractivity contribution in [2.75, 3.05) is 39.5 Å². The fourth-order valence-corrected chi connectivity index (χ4v) is 4.92. The Balaban J connectivity index is 2.39. The van der Waals surface area contributed by atoms with Crippen LogP contribution in [-0.2, 0) is 18.3 Å². The summed E-state index contributed by atoms with van der Waals surface area (Å²) in [5, 5.41) is -0.835. The van der Waals surface area contributed by atoms with Gasteiger partial charge in [0.15, 0.2) is 0 Å². The van der Waals surface area contributed by atoms with Gasteiger partial charge in [-0.1, -0.05) is 42.5 Å². The second-order valence-electron chi connectivity index (χ2n) is 5.77. The van der Waals surface area contributed by atoms with Gasteiger partial charge in [0.2, 0.25) is 0 Å². The summed E-state index contributed by atoms with van der Waals surface area (Å²) in [6.07, 6.45) is 3.94. The number of morpholine rings is 1. The van der Waals surface area contributed by atoms with Crippen molar-refractivity contribution in [2.24, 2.45) is 0 Å². The van der Waals surface area contributed by atoms with Gasteiger partial charge in [-0.2, -0.15) is 0 Å². The van der Waals surface area contributed by atoms with E-state index in [-0.39, 0.29) is 0 Å². The fourth-order valence-electron chi connectivity index (χ4n) is 2.84. The molecule has 134 valence electrons. The molecule has 24 heavy (non-hydrogen) atoms. The quantitative estimate of drug-likeness (QED) is 0.661. The van der Waals surface area contributed by atoms with Crippen LogP contribution in [0.4, 0.5) is 0 Å². The molecular formula is C18H28NO4P. The SMILES string of the molecule is CCOP(=O)(OCC)C(C)(/C=C/c1ccccc1)N1CCOCC1. The summed E-state index contributed by atoms with van der Waals surface area (Å²) in [6.45, 7) is 8.93.